The number of halogens is 3. The summed E-state index contributed by atoms with van der Waals surface area (Å²) in [6.07, 6.45) is 1.37. The highest BCUT2D eigenvalue weighted by Gasteiger charge is 2.35. The summed E-state index contributed by atoms with van der Waals surface area (Å²) in [7, 11) is 0. The smallest absolute Gasteiger partial charge is 0.419 e. The second-order valence-corrected chi connectivity index (χ2v) is 11.3. The molecule has 0 spiro atoms. The standard InChI is InChI=1S/C29H35F3N6O3/c1-28(2,3)41-27(40)37-12-10-22(11-13-37)38-18-19(16-35-38)14-26-34-17-23(29(30,31)32)24(36-26)9-8-20-6-4-5-7-21(20)15-25(33)39/h4-7,16-18,22H,8-15H2,1-3H3,(H2,33,39). The first-order chi connectivity index (χ1) is 19.3. The number of nitrogens with two attached hydrogens (primary N) is 1. The Morgan fingerprint density at radius 3 is 2.37 bits per heavy atom. The van der Waals surface area contributed by atoms with Gasteiger partial charge in [0, 0.05) is 31.9 Å². The van der Waals surface area contributed by atoms with E-state index in [0.717, 1.165) is 17.3 Å². The van der Waals surface area contributed by atoms with E-state index in [1.54, 1.807) is 35.4 Å². The Labute approximate surface area is 236 Å². The average molecular weight is 573 g/mol. The van der Waals surface area contributed by atoms with Crippen LogP contribution in [0, 0.1) is 0 Å². The molecule has 0 radical (unpaired) electrons. The molecule has 41 heavy (non-hydrogen) atoms. The van der Waals surface area contributed by atoms with Crippen LogP contribution < -0.4 is 5.73 Å². The SMILES string of the molecule is CC(C)(C)OC(=O)N1CCC(n2cc(Cc3ncc(C(F)(F)F)c(CCc4ccccc4CC(N)=O)n3)cn2)CC1. The quantitative estimate of drug-likeness (QED) is 0.420. The number of hydrogen-bond donors (Lipinski definition) is 1. The zero-order valence-corrected chi connectivity index (χ0v) is 23.4. The molecule has 2 amide bonds. The number of rotatable bonds is 8. The number of ether oxygens (including phenoxy) is 1. The molecule has 0 saturated carbocycles. The second-order valence-electron chi connectivity index (χ2n) is 11.3. The second kappa shape index (κ2) is 12.3. The summed E-state index contributed by atoms with van der Waals surface area (Å²) < 4.78 is 48.6. The van der Waals surface area contributed by atoms with Gasteiger partial charge in [-0.15, -0.1) is 0 Å². The Morgan fingerprint density at radius 2 is 1.73 bits per heavy atom. The van der Waals surface area contributed by atoms with E-state index in [9.17, 15) is 22.8 Å². The molecule has 0 unspecified atom stereocenters. The van der Waals surface area contributed by atoms with E-state index in [1.165, 1.54) is 0 Å². The molecule has 1 fully saturated rings. The molecule has 2 N–H and O–H groups in total. The fraction of sp³-hybridized carbons (Fsp3) is 0.483. The van der Waals surface area contributed by atoms with Gasteiger partial charge in [-0.2, -0.15) is 18.3 Å². The number of benzene rings is 1. The maximum Gasteiger partial charge on any atom is 0.419 e. The number of alkyl halides is 3. The largest absolute Gasteiger partial charge is 0.444 e. The summed E-state index contributed by atoms with van der Waals surface area (Å²) >= 11 is 0. The molecule has 0 bridgehead atoms. The number of aryl methyl sites for hydroxylation is 2. The van der Waals surface area contributed by atoms with Crippen molar-refractivity contribution in [2.24, 2.45) is 5.73 Å². The van der Waals surface area contributed by atoms with Gasteiger partial charge in [-0.3, -0.25) is 9.48 Å². The van der Waals surface area contributed by atoms with Crippen LogP contribution in [0.5, 0.6) is 0 Å². The van der Waals surface area contributed by atoms with Crippen molar-refractivity contribution in [3.63, 3.8) is 0 Å². The van der Waals surface area contributed by atoms with Crippen molar-refractivity contribution in [2.45, 2.75) is 77.1 Å². The third-order valence-corrected chi connectivity index (χ3v) is 6.84. The number of piperidine rings is 1. The van der Waals surface area contributed by atoms with Crippen LogP contribution >= 0.6 is 0 Å². The number of primary amides is 1. The lowest BCUT2D eigenvalue weighted by atomic mass is 9.98. The maximum absolute atomic E-state index is 13.8. The monoisotopic (exact) mass is 572 g/mol. The van der Waals surface area contributed by atoms with Crippen LogP contribution in [-0.2, 0) is 41.4 Å². The van der Waals surface area contributed by atoms with Gasteiger partial charge in [-0.1, -0.05) is 24.3 Å². The minimum absolute atomic E-state index is 0.0152. The first-order valence-corrected chi connectivity index (χ1v) is 13.6. The first kappa shape index (κ1) is 30.0. The summed E-state index contributed by atoms with van der Waals surface area (Å²) in [4.78, 5) is 33.8. The number of amides is 2. The predicted octanol–water partition coefficient (Wildman–Crippen LogP) is 4.67. The van der Waals surface area contributed by atoms with Crippen molar-refractivity contribution in [1.82, 2.24) is 24.6 Å². The van der Waals surface area contributed by atoms with E-state index in [0.29, 0.717) is 31.5 Å². The molecule has 1 aliphatic rings. The van der Waals surface area contributed by atoms with Crippen molar-refractivity contribution in [3.05, 3.63) is 76.6 Å². The first-order valence-electron chi connectivity index (χ1n) is 13.6. The Kier molecular flexibility index (Phi) is 8.98. The van der Waals surface area contributed by atoms with E-state index in [4.69, 9.17) is 10.5 Å². The predicted molar refractivity (Wildman–Crippen MR) is 145 cm³/mol. The van der Waals surface area contributed by atoms with Gasteiger partial charge in [0.05, 0.1) is 29.9 Å². The average Bonchev–Trinajstić information content (AvgIpc) is 3.35. The summed E-state index contributed by atoms with van der Waals surface area (Å²) in [5, 5.41) is 4.46. The molecule has 12 heteroatoms. The molecular formula is C29H35F3N6O3. The number of nitrogens with zero attached hydrogens (tertiary/aromatic N) is 5. The summed E-state index contributed by atoms with van der Waals surface area (Å²) in [5.41, 5.74) is 6.01. The molecule has 1 saturated heterocycles. The highest BCUT2D eigenvalue weighted by atomic mass is 19.4. The minimum Gasteiger partial charge on any atom is -0.444 e. The van der Waals surface area contributed by atoms with Gasteiger partial charge in [0.25, 0.3) is 0 Å². The minimum atomic E-state index is -4.60. The van der Waals surface area contributed by atoms with Crippen molar-refractivity contribution in [2.75, 3.05) is 13.1 Å². The molecule has 0 atom stereocenters. The van der Waals surface area contributed by atoms with Crippen LogP contribution in [0.15, 0.2) is 42.9 Å². The summed E-state index contributed by atoms with van der Waals surface area (Å²) in [5.74, 6) is -0.246. The van der Waals surface area contributed by atoms with Crippen LogP contribution in [-0.4, -0.2) is 55.3 Å². The zero-order chi connectivity index (χ0) is 29.8. The molecule has 0 aliphatic carbocycles. The Morgan fingerprint density at radius 1 is 1.05 bits per heavy atom. The highest BCUT2D eigenvalue weighted by Crippen LogP contribution is 2.32. The van der Waals surface area contributed by atoms with Crippen LogP contribution in [0.1, 0.15) is 73.4 Å². The normalized spacial score (nSPS) is 14.7. The number of carbonyl (C=O) groups excluding carboxylic acids is 2. The molecule has 9 nitrogen and oxygen atoms in total. The van der Waals surface area contributed by atoms with Crippen molar-refractivity contribution in [1.29, 1.82) is 0 Å². The molecule has 3 heterocycles. The molecule has 2 aromatic heterocycles. The fourth-order valence-corrected chi connectivity index (χ4v) is 4.88. The fourth-order valence-electron chi connectivity index (χ4n) is 4.88. The Balaban J connectivity index is 1.43. The molecular weight excluding hydrogens is 537 g/mol. The van der Waals surface area contributed by atoms with Gasteiger partial charge in [-0.05, 0) is 63.1 Å². The third-order valence-electron chi connectivity index (χ3n) is 6.84. The van der Waals surface area contributed by atoms with Crippen molar-refractivity contribution < 1.29 is 27.5 Å². The van der Waals surface area contributed by atoms with Crippen LogP contribution in [0.3, 0.4) is 0 Å². The van der Waals surface area contributed by atoms with Gasteiger partial charge < -0.3 is 15.4 Å². The number of likely N-dealkylation sites (tertiary alicyclic amines) is 1. The summed E-state index contributed by atoms with van der Waals surface area (Å²) in [6.45, 7) is 6.58. The molecule has 220 valence electrons. The lowest BCUT2D eigenvalue weighted by Gasteiger charge is -2.33. The van der Waals surface area contributed by atoms with E-state index in [2.05, 4.69) is 15.1 Å². The molecule has 3 aromatic rings. The van der Waals surface area contributed by atoms with Crippen molar-refractivity contribution in [3.8, 4) is 0 Å². The zero-order valence-electron chi connectivity index (χ0n) is 23.4. The van der Waals surface area contributed by atoms with E-state index >= 15 is 0 Å². The van der Waals surface area contributed by atoms with Crippen molar-refractivity contribution >= 4 is 12.0 Å². The maximum atomic E-state index is 13.8. The molecule has 1 aliphatic heterocycles. The number of carbonyl (C=O) groups is 2. The summed E-state index contributed by atoms with van der Waals surface area (Å²) in [6, 6.07) is 7.15. The molecule has 4 rings (SSSR count). The highest BCUT2D eigenvalue weighted by molar-refractivity contribution is 5.77. The Hall–Kier alpha value is -3.96. The van der Waals surface area contributed by atoms with Gasteiger partial charge in [0.15, 0.2) is 0 Å². The molecule has 1 aromatic carbocycles. The lowest BCUT2D eigenvalue weighted by molar-refractivity contribution is -0.138. The topological polar surface area (TPSA) is 116 Å². The van der Waals surface area contributed by atoms with E-state index in [1.807, 2.05) is 31.6 Å². The third kappa shape index (κ3) is 8.27. The number of hydrogen-bond acceptors (Lipinski definition) is 6. The lowest BCUT2D eigenvalue weighted by Crippen LogP contribution is -2.42. The van der Waals surface area contributed by atoms with Crippen LogP contribution in [0.4, 0.5) is 18.0 Å². The van der Waals surface area contributed by atoms with Gasteiger partial charge >= 0.3 is 12.3 Å². The van der Waals surface area contributed by atoms with Gasteiger partial charge in [0.1, 0.15) is 11.4 Å². The van der Waals surface area contributed by atoms with E-state index in [-0.39, 0.29) is 49.3 Å². The van der Waals surface area contributed by atoms with Crippen LogP contribution in [0.2, 0.25) is 0 Å². The number of aromatic nitrogens is 4. The van der Waals surface area contributed by atoms with E-state index < -0.39 is 23.2 Å². The van der Waals surface area contributed by atoms with Gasteiger partial charge in [-0.25, -0.2) is 14.8 Å². The Bertz CT molecular complexity index is 1370. The van der Waals surface area contributed by atoms with Crippen LogP contribution in [0.25, 0.3) is 0 Å². The van der Waals surface area contributed by atoms with Gasteiger partial charge in [0.2, 0.25) is 5.91 Å².